The molecule has 0 amide bonds. The second-order valence-corrected chi connectivity index (χ2v) is 6.07. The Balaban J connectivity index is 2.78. The largest absolute Gasteiger partial charge is 0.497 e. The fraction of sp³-hybridized carbons (Fsp3) is 0.438. The zero-order valence-corrected chi connectivity index (χ0v) is 13.5. The highest BCUT2D eigenvalue weighted by molar-refractivity contribution is 5.81. The second kappa shape index (κ2) is 5.31. The van der Waals surface area contributed by atoms with E-state index in [1.807, 2.05) is 19.2 Å². The maximum Gasteiger partial charge on any atom is 0.130 e. The van der Waals surface area contributed by atoms with Gasteiger partial charge in [0, 0.05) is 23.7 Å². The molecule has 2 aromatic rings. The predicted octanol–water partition coefficient (Wildman–Crippen LogP) is 2.98. The van der Waals surface area contributed by atoms with Gasteiger partial charge >= 0.3 is 0 Å². The molecule has 0 radical (unpaired) electrons. The van der Waals surface area contributed by atoms with Gasteiger partial charge in [-0.05, 0) is 17.5 Å². The summed E-state index contributed by atoms with van der Waals surface area (Å²) in [6, 6.07) is 3.94. The van der Waals surface area contributed by atoms with E-state index in [2.05, 4.69) is 25.9 Å². The number of nitrogen functional groups attached to an aromatic ring is 1. The van der Waals surface area contributed by atoms with Gasteiger partial charge in [-0.25, -0.2) is 0 Å². The maximum absolute atomic E-state index is 6.11. The normalized spacial score (nSPS) is 11.5. The minimum Gasteiger partial charge on any atom is -0.497 e. The van der Waals surface area contributed by atoms with Gasteiger partial charge in [0.2, 0.25) is 0 Å². The molecule has 0 atom stereocenters. The van der Waals surface area contributed by atoms with Gasteiger partial charge in [-0.15, -0.1) is 0 Å². The average molecular weight is 289 g/mol. The molecule has 21 heavy (non-hydrogen) atoms. The van der Waals surface area contributed by atoms with Crippen molar-refractivity contribution in [1.29, 1.82) is 0 Å². The summed E-state index contributed by atoms with van der Waals surface area (Å²) in [6.45, 7) is 6.42. The van der Waals surface area contributed by atoms with Crippen LogP contribution in [0.2, 0.25) is 0 Å². The maximum atomic E-state index is 6.11. The molecule has 0 aliphatic rings. The molecule has 5 nitrogen and oxygen atoms in total. The zero-order valence-electron chi connectivity index (χ0n) is 13.5. The third-order valence-corrected chi connectivity index (χ3v) is 3.59. The number of nitrogens with two attached hydrogens (primary N) is 1. The lowest BCUT2D eigenvalue weighted by atomic mass is 9.84. The topological polar surface area (TPSA) is 62.3 Å². The van der Waals surface area contributed by atoms with E-state index in [4.69, 9.17) is 15.2 Å². The van der Waals surface area contributed by atoms with Crippen molar-refractivity contribution in [2.75, 3.05) is 20.0 Å². The first-order valence-electron chi connectivity index (χ1n) is 6.84. The number of hydrogen-bond donors (Lipinski definition) is 1. The molecule has 2 N–H and O–H groups in total. The molecular weight excluding hydrogens is 266 g/mol. The van der Waals surface area contributed by atoms with Crippen molar-refractivity contribution in [3.05, 3.63) is 23.9 Å². The fourth-order valence-electron chi connectivity index (χ4n) is 2.35. The molecule has 0 aliphatic carbocycles. The Morgan fingerprint density at radius 2 is 1.76 bits per heavy atom. The van der Waals surface area contributed by atoms with Gasteiger partial charge < -0.3 is 15.2 Å². The van der Waals surface area contributed by atoms with Crippen LogP contribution in [0.1, 0.15) is 26.3 Å². The molecule has 5 heteroatoms. The smallest absolute Gasteiger partial charge is 0.130 e. The molecule has 0 aliphatic heterocycles. The molecule has 0 fully saturated rings. The molecular formula is C16H23N3O2. The number of benzene rings is 1. The van der Waals surface area contributed by atoms with Crippen LogP contribution in [0.4, 0.5) is 5.82 Å². The zero-order chi connectivity index (χ0) is 15.8. The molecule has 0 saturated heterocycles. The van der Waals surface area contributed by atoms with Gasteiger partial charge in [-0.2, -0.15) is 5.10 Å². The van der Waals surface area contributed by atoms with Crippen molar-refractivity contribution in [2.45, 2.75) is 26.2 Å². The SMILES string of the molecule is COc1cc(-c2cnn(C)c2N)c(OC)c(C(C)(C)C)c1. The summed E-state index contributed by atoms with van der Waals surface area (Å²) in [6.07, 6.45) is 1.75. The molecule has 114 valence electrons. The number of ether oxygens (including phenoxy) is 2. The number of rotatable bonds is 3. The number of aromatic nitrogens is 2. The third kappa shape index (κ3) is 2.68. The molecule has 0 unspecified atom stereocenters. The molecule has 2 rings (SSSR count). The van der Waals surface area contributed by atoms with E-state index in [0.29, 0.717) is 5.82 Å². The Labute approximate surface area is 125 Å². The van der Waals surface area contributed by atoms with E-state index in [1.54, 1.807) is 25.1 Å². The lowest BCUT2D eigenvalue weighted by molar-refractivity contribution is 0.389. The lowest BCUT2D eigenvalue weighted by Gasteiger charge is -2.25. The summed E-state index contributed by atoms with van der Waals surface area (Å²) in [7, 11) is 5.15. The van der Waals surface area contributed by atoms with Crippen LogP contribution in [-0.2, 0) is 12.5 Å². The van der Waals surface area contributed by atoms with Gasteiger partial charge in [0.1, 0.15) is 17.3 Å². The first-order valence-corrected chi connectivity index (χ1v) is 6.84. The summed E-state index contributed by atoms with van der Waals surface area (Å²) in [4.78, 5) is 0. The van der Waals surface area contributed by atoms with Crippen molar-refractivity contribution in [3.8, 4) is 22.6 Å². The first-order chi connectivity index (χ1) is 9.79. The lowest BCUT2D eigenvalue weighted by Crippen LogP contribution is -2.14. The standard InChI is InChI=1S/C16H23N3O2/c1-16(2,3)13-8-10(20-5)7-11(14(13)21-6)12-9-18-19(4)15(12)17/h7-9H,17H2,1-6H3. The Bertz CT molecular complexity index is 654. The van der Waals surface area contributed by atoms with Crippen LogP contribution < -0.4 is 15.2 Å². The van der Waals surface area contributed by atoms with Crippen LogP contribution in [0.15, 0.2) is 18.3 Å². The monoisotopic (exact) mass is 289 g/mol. The van der Waals surface area contributed by atoms with Crippen molar-refractivity contribution in [2.24, 2.45) is 7.05 Å². The molecule has 0 bridgehead atoms. The van der Waals surface area contributed by atoms with Gasteiger partial charge in [-0.1, -0.05) is 20.8 Å². The van der Waals surface area contributed by atoms with E-state index in [-0.39, 0.29) is 5.41 Å². The Morgan fingerprint density at radius 1 is 1.10 bits per heavy atom. The molecule has 0 saturated carbocycles. The Kier molecular flexibility index (Phi) is 3.85. The van der Waals surface area contributed by atoms with E-state index in [1.165, 1.54) is 0 Å². The highest BCUT2D eigenvalue weighted by Gasteiger charge is 2.24. The van der Waals surface area contributed by atoms with Crippen molar-refractivity contribution in [1.82, 2.24) is 9.78 Å². The Morgan fingerprint density at radius 3 is 2.19 bits per heavy atom. The summed E-state index contributed by atoms with van der Waals surface area (Å²) >= 11 is 0. The number of hydrogen-bond acceptors (Lipinski definition) is 4. The fourth-order valence-corrected chi connectivity index (χ4v) is 2.35. The summed E-state index contributed by atoms with van der Waals surface area (Å²) in [5.41, 5.74) is 8.85. The predicted molar refractivity (Wildman–Crippen MR) is 84.9 cm³/mol. The van der Waals surface area contributed by atoms with Crippen molar-refractivity contribution >= 4 is 5.82 Å². The quantitative estimate of drug-likeness (QED) is 0.943. The van der Waals surface area contributed by atoms with Crippen LogP contribution in [0.25, 0.3) is 11.1 Å². The van der Waals surface area contributed by atoms with Gasteiger partial charge in [0.25, 0.3) is 0 Å². The summed E-state index contributed by atoms with van der Waals surface area (Å²) < 4.78 is 12.8. The number of aryl methyl sites for hydroxylation is 1. The summed E-state index contributed by atoms with van der Waals surface area (Å²) in [5.74, 6) is 2.18. The average Bonchev–Trinajstić information content (AvgIpc) is 2.76. The van der Waals surface area contributed by atoms with Crippen LogP contribution in [0.3, 0.4) is 0 Å². The highest BCUT2D eigenvalue weighted by Crippen LogP contribution is 2.43. The second-order valence-electron chi connectivity index (χ2n) is 6.07. The number of methoxy groups -OCH3 is 2. The molecule has 1 heterocycles. The summed E-state index contributed by atoms with van der Waals surface area (Å²) in [5, 5.41) is 4.21. The molecule has 0 spiro atoms. The van der Waals surface area contributed by atoms with Crippen LogP contribution in [-0.4, -0.2) is 24.0 Å². The van der Waals surface area contributed by atoms with E-state index in [9.17, 15) is 0 Å². The van der Waals surface area contributed by atoms with Gasteiger partial charge in [0.05, 0.1) is 20.4 Å². The first kappa shape index (κ1) is 15.2. The van der Waals surface area contributed by atoms with Crippen LogP contribution in [0.5, 0.6) is 11.5 Å². The Hall–Kier alpha value is -2.17. The van der Waals surface area contributed by atoms with E-state index < -0.39 is 0 Å². The van der Waals surface area contributed by atoms with Gasteiger partial charge in [-0.3, -0.25) is 4.68 Å². The van der Waals surface area contributed by atoms with Crippen LogP contribution >= 0.6 is 0 Å². The minimum atomic E-state index is -0.0778. The molecule has 1 aromatic carbocycles. The van der Waals surface area contributed by atoms with Crippen LogP contribution in [0, 0.1) is 0 Å². The van der Waals surface area contributed by atoms with E-state index >= 15 is 0 Å². The van der Waals surface area contributed by atoms with Gasteiger partial charge in [0.15, 0.2) is 0 Å². The number of anilines is 1. The molecule has 1 aromatic heterocycles. The van der Waals surface area contributed by atoms with Crippen molar-refractivity contribution < 1.29 is 9.47 Å². The minimum absolute atomic E-state index is 0.0778. The third-order valence-electron chi connectivity index (χ3n) is 3.59. The number of nitrogens with zero attached hydrogens (tertiary/aromatic N) is 2. The highest BCUT2D eigenvalue weighted by atomic mass is 16.5. The van der Waals surface area contributed by atoms with Crippen molar-refractivity contribution in [3.63, 3.8) is 0 Å². The van der Waals surface area contributed by atoms with E-state index in [0.717, 1.165) is 28.2 Å².